The lowest BCUT2D eigenvalue weighted by Crippen LogP contribution is -2.15. The molecule has 0 aliphatic heterocycles. The van der Waals surface area contributed by atoms with E-state index in [0.29, 0.717) is 27.3 Å². The van der Waals surface area contributed by atoms with Gasteiger partial charge in [-0.25, -0.2) is 14.4 Å². The van der Waals surface area contributed by atoms with Gasteiger partial charge in [-0.1, -0.05) is 48.2 Å². The minimum absolute atomic E-state index is 0.0478. The number of nitrogens with one attached hydrogen (secondary N) is 1. The van der Waals surface area contributed by atoms with Gasteiger partial charge in [-0.15, -0.1) is 0 Å². The van der Waals surface area contributed by atoms with Gasteiger partial charge in [-0.05, 0) is 42.0 Å². The van der Waals surface area contributed by atoms with Crippen LogP contribution in [-0.2, 0) is 17.4 Å². The van der Waals surface area contributed by atoms with Crippen LogP contribution in [0.2, 0.25) is 0 Å². The van der Waals surface area contributed by atoms with E-state index >= 15 is 0 Å². The molecule has 0 aliphatic rings. The Labute approximate surface area is 191 Å². The highest BCUT2D eigenvalue weighted by Crippen LogP contribution is 2.31. The molecule has 168 valence electrons. The number of fused-ring (bicyclic) bond motifs is 1. The fourth-order valence-corrected chi connectivity index (χ4v) is 3.96. The van der Waals surface area contributed by atoms with Crippen molar-refractivity contribution in [2.24, 2.45) is 0 Å². The molecule has 0 radical (unpaired) electrons. The lowest BCUT2D eigenvalue weighted by molar-refractivity contribution is -0.137. The first-order chi connectivity index (χ1) is 15.8. The molecule has 0 spiro atoms. The van der Waals surface area contributed by atoms with Crippen molar-refractivity contribution in [2.75, 3.05) is 11.1 Å². The van der Waals surface area contributed by atoms with Crippen LogP contribution in [0.15, 0.2) is 77.8 Å². The van der Waals surface area contributed by atoms with Gasteiger partial charge in [0.05, 0.1) is 28.0 Å². The van der Waals surface area contributed by atoms with Gasteiger partial charge in [-0.3, -0.25) is 4.79 Å². The van der Waals surface area contributed by atoms with Crippen LogP contribution in [0.25, 0.3) is 11.0 Å². The minimum Gasteiger partial charge on any atom is -0.325 e. The van der Waals surface area contributed by atoms with E-state index in [1.807, 2.05) is 12.1 Å². The molecule has 1 N–H and O–H groups in total. The molecule has 4 aromatic rings. The monoisotopic (exact) mass is 471 g/mol. The van der Waals surface area contributed by atoms with E-state index in [0.717, 1.165) is 23.9 Å². The number of hydrogen-bond donors (Lipinski definition) is 1. The van der Waals surface area contributed by atoms with E-state index < -0.39 is 17.6 Å². The molecule has 0 saturated carbocycles. The number of para-hydroxylation sites is 2. The fraction of sp³-hybridized carbons (Fsp3) is 0.125. The highest BCUT2D eigenvalue weighted by atomic mass is 32.2. The molecule has 0 fully saturated rings. The van der Waals surface area contributed by atoms with E-state index in [1.54, 1.807) is 30.3 Å². The molecule has 0 unspecified atom stereocenters. The molecule has 1 heterocycles. The van der Waals surface area contributed by atoms with Gasteiger partial charge in [0.2, 0.25) is 5.91 Å². The minimum atomic E-state index is -4.50. The van der Waals surface area contributed by atoms with Crippen molar-refractivity contribution < 1.29 is 22.4 Å². The van der Waals surface area contributed by atoms with E-state index in [4.69, 9.17) is 0 Å². The number of alkyl halides is 3. The van der Waals surface area contributed by atoms with Crippen LogP contribution in [0, 0.1) is 5.82 Å². The van der Waals surface area contributed by atoms with Gasteiger partial charge >= 0.3 is 6.18 Å². The zero-order valence-corrected chi connectivity index (χ0v) is 17.9. The summed E-state index contributed by atoms with van der Waals surface area (Å²) in [4.78, 5) is 21.6. The second-order valence-corrected chi connectivity index (χ2v) is 8.11. The van der Waals surface area contributed by atoms with E-state index in [2.05, 4.69) is 15.3 Å². The van der Waals surface area contributed by atoms with Crippen LogP contribution in [0.1, 0.15) is 16.8 Å². The Kier molecular flexibility index (Phi) is 6.60. The van der Waals surface area contributed by atoms with Gasteiger partial charge in [0.1, 0.15) is 10.8 Å². The van der Waals surface area contributed by atoms with E-state index in [-0.39, 0.29) is 23.7 Å². The number of anilines is 1. The van der Waals surface area contributed by atoms with Crippen LogP contribution in [0.5, 0.6) is 0 Å². The predicted molar refractivity (Wildman–Crippen MR) is 120 cm³/mol. The fourth-order valence-electron chi connectivity index (χ4n) is 3.18. The predicted octanol–water partition coefficient (Wildman–Crippen LogP) is 6.11. The lowest BCUT2D eigenvalue weighted by atomic mass is 10.1. The molecule has 0 atom stereocenters. The average Bonchev–Trinajstić information content (AvgIpc) is 2.79. The van der Waals surface area contributed by atoms with Crippen LogP contribution in [0.4, 0.5) is 23.2 Å². The number of halogens is 4. The maximum atomic E-state index is 14.2. The second-order valence-electron chi connectivity index (χ2n) is 7.15. The maximum Gasteiger partial charge on any atom is 0.416 e. The van der Waals surface area contributed by atoms with Gasteiger partial charge in [0.15, 0.2) is 0 Å². The Morgan fingerprint density at radius 3 is 2.33 bits per heavy atom. The van der Waals surface area contributed by atoms with Crippen molar-refractivity contribution in [2.45, 2.75) is 17.6 Å². The number of amides is 1. The summed E-state index contributed by atoms with van der Waals surface area (Å²) in [6.45, 7) is 0. The zero-order chi connectivity index (χ0) is 23.4. The molecule has 0 saturated heterocycles. The molecule has 4 rings (SSSR count). The SMILES string of the molecule is O=C(CSc1nc2ccccc2nc1Cc1ccccc1F)Nc1cccc(C(F)(F)F)c1. The first-order valence-corrected chi connectivity index (χ1v) is 10.9. The largest absolute Gasteiger partial charge is 0.416 e. The normalized spacial score (nSPS) is 11.5. The Morgan fingerprint density at radius 1 is 0.909 bits per heavy atom. The third-order valence-electron chi connectivity index (χ3n) is 4.74. The van der Waals surface area contributed by atoms with Crippen LogP contribution in [-0.4, -0.2) is 21.6 Å². The molecule has 3 aromatic carbocycles. The number of thioether (sulfide) groups is 1. The summed E-state index contributed by atoms with van der Waals surface area (Å²) >= 11 is 1.09. The standard InChI is InChI=1S/C24H17F4N3OS/c25-18-9-2-1-6-15(18)12-21-23(31-20-11-4-3-10-19(20)30-21)33-14-22(32)29-17-8-5-7-16(13-17)24(26,27)28/h1-11,13H,12,14H2,(H,29,32). The van der Waals surface area contributed by atoms with Crippen molar-refractivity contribution in [1.82, 2.24) is 9.97 Å². The molecule has 0 aliphatic carbocycles. The number of hydrogen-bond acceptors (Lipinski definition) is 4. The molecule has 0 bridgehead atoms. The summed E-state index contributed by atoms with van der Waals surface area (Å²) in [6, 6.07) is 18.0. The lowest BCUT2D eigenvalue weighted by Gasteiger charge is -2.11. The van der Waals surface area contributed by atoms with Crippen LogP contribution < -0.4 is 5.32 Å². The van der Waals surface area contributed by atoms with Gasteiger partial charge in [0.25, 0.3) is 0 Å². The molecular formula is C24H17F4N3OS. The van der Waals surface area contributed by atoms with Crippen molar-refractivity contribution in [3.8, 4) is 0 Å². The summed E-state index contributed by atoms with van der Waals surface area (Å²) in [5, 5.41) is 2.93. The number of aromatic nitrogens is 2. The Bertz CT molecular complexity index is 1310. The molecule has 1 amide bonds. The molecule has 1 aromatic heterocycles. The molecule has 33 heavy (non-hydrogen) atoms. The highest BCUT2D eigenvalue weighted by Gasteiger charge is 2.30. The average molecular weight is 471 g/mol. The Morgan fingerprint density at radius 2 is 1.61 bits per heavy atom. The van der Waals surface area contributed by atoms with Gasteiger partial charge < -0.3 is 5.32 Å². The molecule has 9 heteroatoms. The molecule has 4 nitrogen and oxygen atoms in total. The first kappa shape index (κ1) is 22.7. The number of nitrogens with zero attached hydrogens (tertiary/aromatic N) is 2. The van der Waals surface area contributed by atoms with Crippen molar-refractivity contribution in [3.63, 3.8) is 0 Å². The highest BCUT2D eigenvalue weighted by molar-refractivity contribution is 8.00. The summed E-state index contributed by atoms with van der Waals surface area (Å²) in [6.07, 6.45) is -4.32. The summed E-state index contributed by atoms with van der Waals surface area (Å²) in [5.41, 5.74) is 1.41. The number of benzene rings is 3. The number of carbonyl (C=O) groups excluding carboxylic acids is 1. The van der Waals surface area contributed by atoms with E-state index in [1.165, 1.54) is 18.2 Å². The summed E-state index contributed by atoms with van der Waals surface area (Å²) in [7, 11) is 0. The first-order valence-electron chi connectivity index (χ1n) is 9.88. The smallest absolute Gasteiger partial charge is 0.325 e. The van der Waals surface area contributed by atoms with Gasteiger partial charge in [-0.2, -0.15) is 13.2 Å². The van der Waals surface area contributed by atoms with Gasteiger partial charge in [0, 0.05) is 12.1 Å². The van der Waals surface area contributed by atoms with Crippen LogP contribution >= 0.6 is 11.8 Å². The molecular weight excluding hydrogens is 454 g/mol. The van der Waals surface area contributed by atoms with E-state index in [9.17, 15) is 22.4 Å². The zero-order valence-electron chi connectivity index (χ0n) is 17.1. The van der Waals surface area contributed by atoms with Crippen molar-refractivity contribution in [3.05, 3.63) is 95.4 Å². The third kappa shape index (κ3) is 5.67. The number of carbonyl (C=O) groups is 1. The summed E-state index contributed by atoms with van der Waals surface area (Å²) < 4.78 is 52.9. The van der Waals surface area contributed by atoms with Crippen molar-refractivity contribution >= 4 is 34.4 Å². The Balaban J connectivity index is 1.54. The third-order valence-corrected chi connectivity index (χ3v) is 5.74. The maximum absolute atomic E-state index is 14.2. The quantitative estimate of drug-likeness (QED) is 0.272. The van der Waals surface area contributed by atoms with Crippen molar-refractivity contribution in [1.29, 1.82) is 0 Å². The Hall–Kier alpha value is -3.46. The summed E-state index contributed by atoms with van der Waals surface area (Å²) in [5.74, 6) is -0.968. The van der Waals surface area contributed by atoms with Crippen LogP contribution in [0.3, 0.4) is 0 Å². The topological polar surface area (TPSA) is 54.9 Å². The number of rotatable bonds is 6. The second kappa shape index (κ2) is 9.58.